The van der Waals surface area contributed by atoms with Crippen LogP contribution in [-0.4, -0.2) is 28.0 Å². The largest absolute Gasteiger partial charge is 0.361 e. The average Bonchev–Trinajstić information content (AvgIpc) is 2.71. The van der Waals surface area contributed by atoms with Crippen molar-refractivity contribution in [3.8, 4) is 0 Å². The number of hydrogen-bond donors (Lipinski definition) is 2. The second-order valence-corrected chi connectivity index (χ2v) is 5.67. The molecule has 19 heavy (non-hydrogen) atoms. The van der Waals surface area contributed by atoms with Crippen LogP contribution in [-0.2, 0) is 0 Å². The molecule has 2 atom stereocenters. The summed E-state index contributed by atoms with van der Waals surface area (Å²) in [5.41, 5.74) is -0.0571. The molecule has 0 saturated carbocycles. The van der Waals surface area contributed by atoms with Gasteiger partial charge in [0.25, 0.3) is 0 Å². The number of halogens is 1. The van der Waals surface area contributed by atoms with E-state index in [2.05, 4.69) is 15.6 Å². The zero-order chi connectivity index (χ0) is 13.4. The third kappa shape index (κ3) is 2.64. The van der Waals surface area contributed by atoms with Crippen molar-refractivity contribution in [2.75, 3.05) is 5.32 Å². The fourth-order valence-electron chi connectivity index (χ4n) is 3.05. The summed E-state index contributed by atoms with van der Waals surface area (Å²) in [7, 11) is 0. The van der Waals surface area contributed by atoms with Gasteiger partial charge in [-0.25, -0.2) is 4.98 Å². The molecule has 0 aliphatic carbocycles. The summed E-state index contributed by atoms with van der Waals surface area (Å²) in [5.74, 6) is 0.320. The van der Waals surface area contributed by atoms with Gasteiger partial charge in [-0.2, -0.15) is 0 Å². The van der Waals surface area contributed by atoms with E-state index in [1.807, 2.05) is 0 Å². The predicted molar refractivity (Wildman–Crippen MR) is 72.5 cm³/mol. The highest BCUT2D eigenvalue weighted by Crippen LogP contribution is 2.31. The molecule has 2 fully saturated rings. The Morgan fingerprint density at radius 2 is 2.11 bits per heavy atom. The molecule has 3 heterocycles. The molecule has 0 amide bonds. The van der Waals surface area contributed by atoms with Gasteiger partial charge in [-0.3, -0.25) is 10.1 Å². The van der Waals surface area contributed by atoms with E-state index in [9.17, 15) is 10.1 Å². The first kappa shape index (κ1) is 12.6. The maximum atomic E-state index is 11.0. The topological polar surface area (TPSA) is 80.1 Å². The molecule has 3 rings (SSSR count). The van der Waals surface area contributed by atoms with Crippen molar-refractivity contribution in [1.82, 2.24) is 10.3 Å². The van der Waals surface area contributed by atoms with Crippen molar-refractivity contribution in [3.63, 3.8) is 0 Å². The first-order chi connectivity index (χ1) is 9.11. The normalized spacial score (nSPS) is 29.2. The Kier molecular flexibility index (Phi) is 3.28. The first-order valence-corrected chi connectivity index (χ1v) is 6.82. The second-order valence-electron chi connectivity index (χ2n) is 5.23. The molecule has 2 aliphatic rings. The Labute approximate surface area is 115 Å². The smallest absolute Gasteiger partial charge is 0.312 e. The second kappa shape index (κ2) is 4.94. The van der Waals surface area contributed by atoms with E-state index in [4.69, 9.17) is 11.6 Å². The lowest BCUT2D eigenvalue weighted by atomic mass is 10.00. The summed E-state index contributed by atoms with van der Waals surface area (Å²) < 4.78 is 0. The third-order valence-corrected chi connectivity index (χ3v) is 4.05. The molecule has 1 aromatic heterocycles. The van der Waals surface area contributed by atoms with Gasteiger partial charge >= 0.3 is 5.69 Å². The van der Waals surface area contributed by atoms with Gasteiger partial charge in [0.05, 0.1) is 9.95 Å². The number of nitrogens with zero attached hydrogens (tertiary/aromatic N) is 2. The highest BCUT2D eigenvalue weighted by atomic mass is 35.5. The Bertz CT molecular complexity index is 499. The van der Waals surface area contributed by atoms with Crippen molar-refractivity contribution in [1.29, 1.82) is 0 Å². The maximum Gasteiger partial charge on any atom is 0.312 e. The number of piperidine rings is 1. The molecule has 0 radical (unpaired) electrons. The van der Waals surface area contributed by atoms with Crippen molar-refractivity contribution in [2.24, 2.45) is 0 Å². The Morgan fingerprint density at radius 1 is 1.42 bits per heavy atom. The van der Waals surface area contributed by atoms with Crippen LogP contribution >= 0.6 is 11.6 Å². The molecule has 0 aromatic carbocycles. The van der Waals surface area contributed by atoms with Crippen LogP contribution in [0.15, 0.2) is 12.3 Å². The first-order valence-electron chi connectivity index (χ1n) is 6.44. The zero-order valence-corrected chi connectivity index (χ0v) is 11.1. The molecule has 7 heteroatoms. The predicted octanol–water partition coefficient (Wildman–Crippen LogP) is 2.34. The summed E-state index contributed by atoms with van der Waals surface area (Å²) in [6, 6.07) is 2.64. The molecule has 2 bridgehead atoms. The summed E-state index contributed by atoms with van der Waals surface area (Å²) in [6.07, 6.45) is 5.79. The van der Waals surface area contributed by atoms with Crippen molar-refractivity contribution in [3.05, 3.63) is 27.4 Å². The third-order valence-electron chi connectivity index (χ3n) is 3.84. The molecule has 1 aromatic rings. The SMILES string of the molecule is O=[N+]([O-])c1cc(Cl)cnc1NC1CC2CCC(C1)N2. The molecule has 2 aliphatic heterocycles. The standard InChI is InChI=1S/C12H15ClN4O2/c13-7-3-11(17(18)19)12(14-6-7)16-10-4-8-1-2-9(5-10)15-8/h3,6,8-10,15H,1-2,4-5H2,(H,14,16). The van der Waals surface area contributed by atoms with E-state index < -0.39 is 4.92 Å². The molecule has 2 unspecified atom stereocenters. The van der Waals surface area contributed by atoms with E-state index in [0.29, 0.717) is 17.9 Å². The number of fused-ring (bicyclic) bond motifs is 2. The number of pyridine rings is 1. The van der Waals surface area contributed by atoms with Crippen LogP contribution in [0.25, 0.3) is 0 Å². The summed E-state index contributed by atoms with van der Waals surface area (Å²) in [5, 5.41) is 18.0. The van der Waals surface area contributed by atoms with Crippen LogP contribution in [0, 0.1) is 10.1 Å². The highest BCUT2D eigenvalue weighted by molar-refractivity contribution is 6.30. The van der Waals surface area contributed by atoms with E-state index in [0.717, 1.165) is 12.8 Å². The van der Waals surface area contributed by atoms with E-state index in [1.165, 1.54) is 25.1 Å². The average molecular weight is 283 g/mol. The minimum absolute atomic E-state index is 0.0571. The van der Waals surface area contributed by atoms with Crippen LogP contribution in [0.1, 0.15) is 25.7 Å². The van der Waals surface area contributed by atoms with Crippen molar-refractivity contribution in [2.45, 2.75) is 43.8 Å². The van der Waals surface area contributed by atoms with Gasteiger partial charge in [0.2, 0.25) is 5.82 Å². The van der Waals surface area contributed by atoms with E-state index >= 15 is 0 Å². The molecule has 6 nitrogen and oxygen atoms in total. The summed E-state index contributed by atoms with van der Waals surface area (Å²) in [6.45, 7) is 0. The van der Waals surface area contributed by atoms with Gasteiger partial charge in [-0.15, -0.1) is 0 Å². The van der Waals surface area contributed by atoms with Gasteiger partial charge < -0.3 is 10.6 Å². The van der Waals surface area contributed by atoms with Crippen LogP contribution in [0.3, 0.4) is 0 Å². The minimum Gasteiger partial charge on any atom is -0.361 e. The van der Waals surface area contributed by atoms with Gasteiger partial charge in [0.1, 0.15) is 0 Å². The van der Waals surface area contributed by atoms with Gasteiger partial charge in [-0.1, -0.05) is 11.6 Å². The molecule has 102 valence electrons. The summed E-state index contributed by atoms with van der Waals surface area (Å²) in [4.78, 5) is 14.6. The Morgan fingerprint density at radius 3 is 2.74 bits per heavy atom. The van der Waals surface area contributed by atoms with E-state index in [1.54, 1.807) is 0 Å². The number of hydrogen-bond acceptors (Lipinski definition) is 5. The fraction of sp³-hybridized carbons (Fsp3) is 0.583. The number of nitrogens with one attached hydrogen (secondary N) is 2. The lowest BCUT2D eigenvalue weighted by Crippen LogP contribution is -2.43. The van der Waals surface area contributed by atoms with Gasteiger partial charge in [0, 0.05) is 30.4 Å². The number of anilines is 1. The summed E-state index contributed by atoms with van der Waals surface area (Å²) >= 11 is 5.76. The monoisotopic (exact) mass is 282 g/mol. The van der Waals surface area contributed by atoms with Gasteiger partial charge in [0.15, 0.2) is 0 Å². The maximum absolute atomic E-state index is 11.0. The van der Waals surface area contributed by atoms with E-state index in [-0.39, 0.29) is 16.8 Å². The van der Waals surface area contributed by atoms with Crippen molar-refractivity contribution < 1.29 is 4.92 Å². The molecule has 2 saturated heterocycles. The lowest BCUT2D eigenvalue weighted by molar-refractivity contribution is -0.384. The lowest BCUT2D eigenvalue weighted by Gasteiger charge is -2.29. The Balaban J connectivity index is 1.78. The van der Waals surface area contributed by atoms with Crippen LogP contribution in [0.4, 0.5) is 11.5 Å². The fourth-order valence-corrected chi connectivity index (χ4v) is 3.20. The zero-order valence-electron chi connectivity index (χ0n) is 10.3. The number of rotatable bonds is 3. The molecular weight excluding hydrogens is 268 g/mol. The molecule has 2 N–H and O–H groups in total. The van der Waals surface area contributed by atoms with Crippen LogP contribution in [0.2, 0.25) is 5.02 Å². The Hall–Kier alpha value is -1.40. The number of aromatic nitrogens is 1. The highest BCUT2D eigenvalue weighted by Gasteiger charge is 2.34. The van der Waals surface area contributed by atoms with Crippen molar-refractivity contribution >= 4 is 23.1 Å². The van der Waals surface area contributed by atoms with Crippen LogP contribution < -0.4 is 10.6 Å². The number of nitro groups is 1. The van der Waals surface area contributed by atoms with Crippen LogP contribution in [0.5, 0.6) is 0 Å². The molecule has 0 spiro atoms. The van der Waals surface area contributed by atoms with Gasteiger partial charge in [-0.05, 0) is 25.7 Å². The minimum atomic E-state index is -0.448. The molecular formula is C12H15ClN4O2. The quantitative estimate of drug-likeness (QED) is 0.657.